The van der Waals surface area contributed by atoms with Gasteiger partial charge in [0.2, 0.25) is 5.91 Å². The minimum absolute atomic E-state index is 0.0660. The number of hydrogen-bond donors (Lipinski definition) is 2. The summed E-state index contributed by atoms with van der Waals surface area (Å²) in [6.45, 7) is 8.10. The first-order chi connectivity index (χ1) is 9.84. The number of nitrogens with two attached hydrogens (primary N) is 1. The number of carbonyl (C=O) groups excluding carboxylic acids is 1. The summed E-state index contributed by atoms with van der Waals surface area (Å²) >= 11 is 0. The van der Waals surface area contributed by atoms with Crippen LogP contribution in [0.4, 0.5) is 0 Å². The molecule has 1 rings (SSSR count). The maximum Gasteiger partial charge on any atom is 0.248 e. The molecule has 1 unspecified atom stereocenters. The number of methoxy groups -OCH3 is 1. The van der Waals surface area contributed by atoms with Crippen molar-refractivity contribution in [2.24, 2.45) is 11.1 Å². The van der Waals surface area contributed by atoms with Crippen molar-refractivity contribution in [1.82, 2.24) is 5.32 Å². The van der Waals surface area contributed by atoms with Gasteiger partial charge >= 0.3 is 0 Å². The van der Waals surface area contributed by atoms with E-state index in [1.165, 1.54) is 0 Å². The molecule has 0 bridgehead atoms. The predicted octanol–water partition coefficient (Wildman–Crippen LogP) is 1.84. The highest BCUT2D eigenvalue weighted by molar-refractivity contribution is 5.80. The Morgan fingerprint density at radius 3 is 2.43 bits per heavy atom. The Morgan fingerprint density at radius 1 is 1.29 bits per heavy atom. The molecule has 0 radical (unpaired) electrons. The second-order valence-electron chi connectivity index (χ2n) is 6.95. The number of rotatable bonds is 8. The Bertz CT molecular complexity index is 321. The molecule has 1 saturated carbocycles. The zero-order valence-corrected chi connectivity index (χ0v) is 14.0. The molecular formula is C16H32N2O3. The van der Waals surface area contributed by atoms with Crippen LogP contribution >= 0.6 is 0 Å². The Labute approximate surface area is 128 Å². The number of amides is 1. The van der Waals surface area contributed by atoms with Crippen LogP contribution in [-0.2, 0) is 14.3 Å². The highest BCUT2D eigenvalue weighted by atomic mass is 16.5. The molecule has 1 amide bonds. The van der Waals surface area contributed by atoms with Gasteiger partial charge in [0.25, 0.3) is 0 Å². The maximum absolute atomic E-state index is 12.0. The molecule has 5 heteroatoms. The molecule has 1 fully saturated rings. The fourth-order valence-electron chi connectivity index (χ4n) is 2.75. The molecule has 124 valence electrons. The maximum atomic E-state index is 12.0. The summed E-state index contributed by atoms with van der Waals surface area (Å²) in [7, 11) is 1.66. The molecule has 1 aliphatic carbocycles. The van der Waals surface area contributed by atoms with Gasteiger partial charge in [0.15, 0.2) is 0 Å². The fraction of sp³-hybridized carbons (Fsp3) is 0.938. The van der Waals surface area contributed by atoms with Crippen molar-refractivity contribution in [2.75, 3.05) is 26.8 Å². The van der Waals surface area contributed by atoms with Gasteiger partial charge in [0, 0.05) is 26.8 Å². The zero-order valence-electron chi connectivity index (χ0n) is 14.0. The summed E-state index contributed by atoms with van der Waals surface area (Å²) in [5.41, 5.74) is 5.96. The second-order valence-corrected chi connectivity index (χ2v) is 6.95. The van der Waals surface area contributed by atoms with Gasteiger partial charge in [0.1, 0.15) is 6.10 Å². The summed E-state index contributed by atoms with van der Waals surface area (Å²) in [5.74, 6) is -0.0660. The van der Waals surface area contributed by atoms with Gasteiger partial charge in [-0.15, -0.1) is 0 Å². The first kappa shape index (κ1) is 18.4. The molecule has 0 aromatic rings. The molecule has 3 N–H and O–H groups in total. The van der Waals surface area contributed by atoms with E-state index in [0.29, 0.717) is 25.1 Å². The third kappa shape index (κ3) is 5.93. The van der Waals surface area contributed by atoms with Crippen molar-refractivity contribution in [1.29, 1.82) is 0 Å². The van der Waals surface area contributed by atoms with Crippen molar-refractivity contribution in [3.05, 3.63) is 0 Å². The van der Waals surface area contributed by atoms with Gasteiger partial charge in [-0.3, -0.25) is 4.79 Å². The van der Waals surface area contributed by atoms with Crippen LogP contribution in [-0.4, -0.2) is 44.4 Å². The number of ether oxygens (including phenoxy) is 2. The zero-order chi connectivity index (χ0) is 15.9. The van der Waals surface area contributed by atoms with E-state index in [0.717, 1.165) is 32.1 Å². The van der Waals surface area contributed by atoms with Crippen molar-refractivity contribution in [3.8, 4) is 0 Å². The van der Waals surface area contributed by atoms with E-state index in [2.05, 4.69) is 19.2 Å². The predicted molar refractivity (Wildman–Crippen MR) is 84.1 cm³/mol. The van der Waals surface area contributed by atoms with Crippen LogP contribution in [0.1, 0.15) is 52.9 Å². The smallest absolute Gasteiger partial charge is 0.248 e. The van der Waals surface area contributed by atoms with E-state index in [1.807, 2.05) is 6.92 Å². The largest absolute Gasteiger partial charge is 0.385 e. The molecule has 0 saturated heterocycles. The topological polar surface area (TPSA) is 73.6 Å². The Morgan fingerprint density at radius 2 is 1.90 bits per heavy atom. The molecule has 1 atom stereocenters. The van der Waals surface area contributed by atoms with Crippen LogP contribution in [0.15, 0.2) is 0 Å². The molecule has 0 heterocycles. The summed E-state index contributed by atoms with van der Waals surface area (Å²) in [5, 5.41) is 2.88. The molecule has 5 nitrogen and oxygen atoms in total. The number of hydrogen-bond acceptors (Lipinski definition) is 4. The minimum atomic E-state index is -0.461. The first-order valence-corrected chi connectivity index (χ1v) is 7.99. The lowest BCUT2D eigenvalue weighted by atomic mass is 9.71. The van der Waals surface area contributed by atoms with E-state index in [9.17, 15) is 4.79 Å². The normalized spacial score (nSPS) is 21.8. The highest BCUT2D eigenvalue weighted by Crippen LogP contribution is 2.42. The lowest BCUT2D eigenvalue weighted by molar-refractivity contribution is -0.152. The van der Waals surface area contributed by atoms with Crippen LogP contribution in [0.5, 0.6) is 0 Å². The van der Waals surface area contributed by atoms with Gasteiger partial charge in [-0.25, -0.2) is 0 Å². The first-order valence-electron chi connectivity index (χ1n) is 7.99. The standard InChI is InChI=1S/C16H32N2O3/c1-13(14(19)18-10-5-11-20-4)21-16(12-17)8-6-15(2,3)7-9-16/h13H,5-12,17H2,1-4H3,(H,18,19). The van der Waals surface area contributed by atoms with Crippen molar-refractivity contribution < 1.29 is 14.3 Å². The van der Waals surface area contributed by atoms with E-state index >= 15 is 0 Å². The van der Waals surface area contributed by atoms with Gasteiger partial charge in [0.05, 0.1) is 5.60 Å². The van der Waals surface area contributed by atoms with E-state index < -0.39 is 6.10 Å². The molecular weight excluding hydrogens is 268 g/mol. The SMILES string of the molecule is COCCCNC(=O)C(C)OC1(CN)CCC(C)(C)CC1. The molecule has 0 spiro atoms. The Balaban J connectivity index is 2.43. The van der Waals surface area contributed by atoms with Crippen molar-refractivity contribution >= 4 is 5.91 Å². The molecule has 1 aliphatic rings. The van der Waals surface area contributed by atoms with Crippen LogP contribution in [0.25, 0.3) is 0 Å². The van der Waals surface area contributed by atoms with E-state index in [-0.39, 0.29) is 11.5 Å². The summed E-state index contributed by atoms with van der Waals surface area (Å²) in [6, 6.07) is 0. The monoisotopic (exact) mass is 300 g/mol. The van der Waals surface area contributed by atoms with Crippen LogP contribution in [0.2, 0.25) is 0 Å². The van der Waals surface area contributed by atoms with Crippen LogP contribution in [0.3, 0.4) is 0 Å². The van der Waals surface area contributed by atoms with E-state index in [4.69, 9.17) is 15.2 Å². The van der Waals surface area contributed by atoms with Crippen LogP contribution in [0, 0.1) is 5.41 Å². The summed E-state index contributed by atoms with van der Waals surface area (Å²) < 4.78 is 11.0. The van der Waals surface area contributed by atoms with Gasteiger partial charge in [-0.05, 0) is 44.4 Å². The summed E-state index contributed by atoms with van der Waals surface area (Å²) in [4.78, 5) is 12.0. The fourth-order valence-corrected chi connectivity index (χ4v) is 2.75. The van der Waals surface area contributed by atoms with Gasteiger partial charge in [-0.1, -0.05) is 13.8 Å². The van der Waals surface area contributed by atoms with Crippen molar-refractivity contribution in [3.63, 3.8) is 0 Å². The average Bonchev–Trinajstić information content (AvgIpc) is 2.46. The van der Waals surface area contributed by atoms with E-state index in [1.54, 1.807) is 7.11 Å². The quantitative estimate of drug-likeness (QED) is 0.671. The average molecular weight is 300 g/mol. The van der Waals surface area contributed by atoms with Gasteiger partial charge < -0.3 is 20.5 Å². The minimum Gasteiger partial charge on any atom is -0.385 e. The number of carbonyl (C=O) groups is 1. The Kier molecular flexibility index (Phi) is 7.10. The van der Waals surface area contributed by atoms with Gasteiger partial charge in [-0.2, -0.15) is 0 Å². The third-order valence-corrected chi connectivity index (χ3v) is 4.51. The lowest BCUT2D eigenvalue weighted by Crippen LogP contribution is -2.50. The second kappa shape index (κ2) is 8.11. The van der Waals surface area contributed by atoms with Crippen LogP contribution < -0.4 is 11.1 Å². The Hall–Kier alpha value is -0.650. The lowest BCUT2D eigenvalue weighted by Gasteiger charge is -2.43. The summed E-state index contributed by atoms with van der Waals surface area (Å²) in [6.07, 6.45) is 4.39. The molecule has 0 aromatic carbocycles. The van der Waals surface area contributed by atoms with Crippen molar-refractivity contribution in [2.45, 2.75) is 64.6 Å². The third-order valence-electron chi connectivity index (χ3n) is 4.51. The molecule has 21 heavy (non-hydrogen) atoms. The number of nitrogens with one attached hydrogen (secondary N) is 1. The molecule has 0 aliphatic heterocycles. The highest BCUT2D eigenvalue weighted by Gasteiger charge is 2.40. The molecule has 0 aromatic heterocycles.